The van der Waals surface area contributed by atoms with Crippen molar-refractivity contribution in [1.29, 1.82) is 0 Å². The van der Waals surface area contributed by atoms with E-state index in [0.717, 1.165) is 11.3 Å². The Morgan fingerprint density at radius 1 is 1.33 bits per heavy atom. The van der Waals surface area contributed by atoms with E-state index in [1.807, 2.05) is 24.3 Å². The first kappa shape index (κ1) is 12.1. The molecule has 0 aliphatic carbocycles. The monoisotopic (exact) mass is 246 g/mol. The van der Waals surface area contributed by atoms with Crippen LogP contribution in [0.2, 0.25) is 0 Å². The molecule has 18 heavy (non-hydrogen) atoms. The van der Waals surface area contributed by atoms with Crippen LogP contribution >= 0.6 is 0 Å². The standard InChI is InChI=1S/C12H14N4O2/c1-17-10-4-2-3-9(7-10)8-18-11-5-6-14-12(15-11)16-13/h2-7H,8,13H2,1H3,(H,14,15,16). The quantitative estimate of drug-likeness (QED) is 0.612. The van der Waals surface area contributed by atoms with E-state index in [1.165, 1.54) is 0 Å². The molecule has 0 spiro atoms. The molecule has 0 atom stereocenters. The van der Waals surface area contributed by atoms with Crippen LogP contribution in [-0.2, 0) is 6.61 Å². The Balaban J connectivity index is 2.01. The van der Waals surface area contributed by atoms with E-state index >= 15 is 0 Å². The highest BCUT2D eigenvalue weighted by Crippen LogP contribution is 2.15. The van der Waals surface area contributed by atoms with Crippen LogP contribution in [-0.4, -0.2) is 17.1 Å². The highest BCUT2D eigenvalue weighted by atomic mass is 16.5. The van der Waals surface area contributed by atoms with Crippen molar-refractivity contribution in [1.82, 2.24) is 9.97 Å². The highest BCUT2D eigenvalue weighted by Gasteiger charge is 2.00. The summed E-state index contributed by atoms with van der Waals surface area (Å²) in [7, 11) is 1.63. The lowest BCUT2D eigenvalue weighted by atomic mass is 10.2. The van der Waals surface area contributed by atoms with Crippen molar-refractivity contribution in [3.63, 3.8) is 0 Å². The van der Waals surface area contributed by atoms with E-state index in [1.54, 1.807) is 19.4 Å². The Hall–Kier alpha value is -2.34. The minimum Gasteiger partial charge on any atom is -0.497 e. The summed E-state index contributed by atoms with van der Waals surface area (Å²) in [5.41, 5.74) is 3.36. The summed E-state index contributed by atoms with van der Waals surface area (Å²) in [6, 6.07) is 9.31. The van der Waals surface area contributed by atoms with E-state index in [9.17, 15) is 0 Å². The van der Waals surface area contributed by atoms with Crippen molar-refractivity contribution in [2.24, 2.45) is 5.84 Å². The Morgan fingerprint density at radius 2 is 2.22 bits per heavy atom. The average molecular weight is 246 g/mol. The summed E-state index contributed by atoms with van der Waals surface area (Å²) in [6.07, 6.45) is 1.57. The molecule has 0 fully saturated rings. The van der Waals surface area contributed by atoms with E-state index in [0.29, 0.717) is 18.4 Å². The molecule has 0 bridgehead atoms. The number of nitrogen functional groups attached to an aromatic ring is 1. The summed E-state index contributed by atoms with van der Waals surface area (Å²) in [5, 5.41) is 0. The fourth-order valence-electron chi connectivity index (χ4n) is 1.41. The average Bonchev–Trinajstić information content (AvgIpc) is 2.45. The molecule has 0 radical (unpaired) electrons. The summed E-state index contributed by atoms with van der Waals surface area (Å²) >= 11 is 0. The van der Waals surface area contributed by atoms with Crippen molar-refractivity contribution in [3.8, 4) is 11.6 Å². The minimum absolute atomic E-state index is 0.318. The van der Waals surface area contributed by atoms with Crippen LogP contribution < -0.4 is 20.7 Å². The SMILES string of the molecule is COc1cccc(COc2ccnc(NN)n2)c1. The number of ether oxygens (including phenoxy) is 2. The van der Waals surface area contributed by atoms with E-state index in [2.05, 4.69) is 15.4 Å². The molecule has 1 aromatic carbocycles. The van der Waals surface area contributed by atoms with Crippen LogP contribution in [0.3, 0.4) is 0 Å². The fourth-order valence-corrected chi connectivity index (χ4v) is 1.41. The fraction of sp³-hybridized carbons (Fsp3) is 0.167. The maximum atomic E-state index is 5.53. The number of nitrogens with two attached hydrogens (primary N) is 1. The number of methoxy groups -OCH3 is 1. The second kappa shape index (κ2) is 5.83. The Morgan fingerprint density at radius 3 is 3.00 bits per heavy atom. The molecule has 6 nitrogen and oxygen atoms in total. The molecular weight excluding hydrogens is 232 g/mol. The summed E-state index contributed by atoms with van der Waals surface area (Å²) in [4.78, 5) is 7.94. The first-order valence-electron chi connectivity index (χ1n) is 5.37. The predicted octanol–water partition coefficient (Wildman–Crippen LogP) is 1.35. The molecule has 0 amide bonds. The first-order chi connectivity index (χ1) is 8.81. The van der Waals surface area contributed by atoms with E-state index in [-0.39, 0.29) is 0 Å². The number of rotatable bonds is 5. The van der Waals surface area contributed by atoms with Crippen LogP contribution in [0.5, 0.6) is 11.6 Å². The molecule has 94 valence electrons. The smallest absolute Gasteiger partial charge is 0.240 e. The van der Waals surface area contributed by atoms with Gasteiger partial charge < -0.3 is 9.47 Å². The molecule has 0 unspecified atom stereocenters. The number of hydrogen-bond donors (Lipinski definition) is 2. The van der Waals surface area contributed by atoms with Gasteiger partial charge in [0.1, 0.15) is 12.4 Å². The lowest BCUT2D eigenvalue weighted by Crippen LogP contribution is -2.10. The molecule has 6 heteroatoms. The van der Waals surface area contributed by atoms with Gasteiger partial charge in [0.25, 0.3) is 0 Å². The second-order valence-corrected chi connectivity index (χ2v) is 3.50. The van der Waals surface area contributed by atoms with Gasteiger partial charge in [0.2, 0.25) is 11.8 Å². The summed E-state index contributed by atoms with van der Waals surface area (Å²) in [6.45, 7) is 0.401. The molecule has 3 N–H and O–H groups in total. The molecular formula is C12H14N4O2. The Kier molecular flexibility index (Phi) is 3.93. The van der Waals surface area contributed by atoms with E-state index < -0.39 is 0 Å². The second-order valence-electron chi connectivity index (χ2n) is 3.50. The molecule has 2 aromatic rings. The van der Waals surface area contributed by atoms with Crippen LogP contribution in [0.25, 0.3) is 0 Å². The van der Waals surface area contributed by atoms with Crippen molar-refractivity contribution in [2.75, 3.05) is 12.5 Å². The zero-order chi connectivity index (χ0) is 12.8. The third-order valence-corrected chi connectivity index (χ3v) is 2.28. The maximum Gasteiger partial charge on any atom is 0.240 e. The van der Waals surface area contributed by atoms with Gasteiger partial charge >= 0.3 is 0 Å². The van der Waals surface area contributed by atoms with Gasteiger partial charge in [0.15, 0.2) is 0 Å². The molecule has 1 aromatic heterocycles. The van der Waals surface area contributed by atoms with Crippen molar-refractivity contribution >= 4 is 5.95 Å². The minimum atomic E-state index is 0.318. The van der Waals surface area contributed by atoms with Crippen molar-refractivity contribution in [3.05, 3.63) is 42.1 Å². The van der Waals surface area contributed by atoms with Gasteiger partial charge in [-0.1, -0.05) is 12.1 Å². The molecule has 0 saturated carbocycles. The number of nitrogens with zero attached hydrogens (tertiary/aromatic N) is 2. The van der Waals surface area contributed by atoms with Crippen LogP contribution in [0.4, 0.5) is 5.95 Å². The van der Waals surface area contributed by atoms with Gasteiger partial charge in [-0.15, -0.1) is 0 Å². The zero-order valence-corrected chi connectivity index (χ0v) is 9.96. The van der Waals surface area contributed by atoms with Gasteiger partial charge in [-0.05, 0) is 17.7 Å². The Bertz CT molecular complexity index is 471. The number of anilines is 1. The van der Waals surface area contributed by atoms with Gasteiger partial charge in [-0.2, -0.15) is 4.98 Å². The number of hydrogen-bond acceptors (Lipinski definition) is 6. The van der Waals surface area contributed by atoms with Crippen LogP contribution in [0, 0.1) is 0 Å². The molecule has 0 saturated heterocycles. The summed E-state index contributed by atoms with van der Waals surface area (Å²) in [5.74, 6) is 6.79. The normalized spacial score (nSPS) is 9.89. The maximum absolute atomic E-state index is 5.53. The Labute approximate surface area is 105 Å². The lowest BCUT2D eigenvalue weighted by Gasteiger charge is -2.07. The predicted molar refractivity (Wildman–Crippen MR) is 67.2 cm³/mol. The molecule has 1 heterocycles. The number of benzene rings is 1. The largest absolute Gasteiger partial charge is 0.497 e. The van der Waals surface area contributed by atoms with Gasteiger partial charge in [-0.3, -0.25) is 5.43 Å². The van der Waals surface area contributed by atoms with Crippen LogP contribution in [0.1, 0.15) is 5.56 Å². The van der Waals surface area contributed by atoms with Gasteiger partial charge in [0, 0.05) is 12.3 Å². The van der Waals surface area contributed by atoms with Crippen molar-refractivity contribution < 1.29 is 9.47 Å². The topological polar surface area (TPSA) is 82.3 Å². The number of aromatic nitrogens is 2. The highest BCUT2D eigenvalue weighted by molar-refractivity contribution is 5.29. The van der Waals surface area contributed by atoms with E-state index in [4.69, 9.17) is 15.3 Å². The first-order valence-corrected chi connectivity index (χ1v) is 5.37. The molecule has 2 rings (SSSR count). The summed E-state index contributed by atoms with van der Waals surface area (Å²) < 4.78 is 10.7. The van der Waals surface area contributed by atoms with Crippen molar-refractivity contribution in [2.45, 2.75) is 6.61 Å². The zero-order valence-electron chi connectivity index (χ0n) is 9.96. The number of hydrazine groups is 1. The third-order valence-electron chi connectivity index (χ3n) is 2.28. The third kappa shape index (κ3) is 3.08. The number of nitrogens with one attached hydrogen (secondary N) is 1. The molecule has 0 aliphatic heterocycles. The molecule has 0 aliphatic rings. The van der Waals surface area contributed by atoms with Crippen LogP contribution in [0.15, 0.2) is 36.5 Å². The van der Waals surface area contributed by atoms with Gasteiger partial charge in [0.05, 0.1) is 7.11 Å². The lowest BCUT2D eigenvalue weighted by molar-refractivity contribution is 0.293. The van der Waals surface area contributed by atoms with Gasteiger partial charge in [-0.25, -0.2) is 10.8 Å².